The maximum absolute atomic E-state index is 9.83. The Morgan fingerprint density at radius 1 is 1.07 bits per heavy atom. The van der Waals surface area contributed by atoms with Crippen LogP contribution in [0.3, 0.4) is 0 Å². The van der Waals surface area contributed by atoms with Gasteiger partial charge in [0.15, 0.2) is 0 Å². The Morgan fingerprint density at radius 2 is 1.50 bits per heavy atom. The fraction of sp³-hybridized carbons (Fsp3) is 1.00. The smallest absolute Gasteiger partial charge is 0.0901 e. The molecular weight excluding hydrogens is 184 g/mol. The standard InChI is InChI=1S/C10H22O4/c1-4-8(13)9(14)10(5-11,6-12)7(2)3/h7-9,11-14H,4-6H2,1-3H3. The molecule has 2 atom stereocenters. The van der Waals surface area contributed by atoms with Crippen LogP contribution in [0.1, 0.15) is 27.2 Å². The summed E-state index contributed by atoms with van der Waals surface area (Å²) < 4.78 is 0. The monoisotopic (exact) mass is 206 g/mol. The van der Waals surface area contributed by atoms with E-state index in [2.05, 4.69) is 0 Å². The Balaban J connectivity index is 4.79. The van der Waals surface area contributed by atoms with Crippen molar-refractivity contribution >= 4 is 0 Å². The van der Waals surface area contributed by atoms with E-state index in [4.69, 9.17) is 0 Å². The van der Waals surface area contributed by atoms with Crippen molar-refractivity contribution in [3.63, 3.8) is 0 Å². The first-order valence-electron chi connectivity index (χ1n) is 5.04. The lowest BCUT2D eigenvalue weighted by Crippen LogP contribution is -2.51. The molecule has 0 heterocycles. The molecular formula is C10H22O4. The van der Waals surface area contributed by atoms with E-state index in [9.17, 15) is 20.4 Å². The summed E-state index contributed by atoms with van der Waals surface area (Å²) in [5.41, 5.74) is -1.02. The Hall–Kier alpha value is -0.160. The summed E-state index contributed by atoms with van der Waals surface area (Å²) >= 11 is 0. The molecule has 14 heavy (non-hydrogen) atoms. The highest BCUT2D eigenvalue weighted by Crippen LogP contribution is 2.33. The molecule has 0 rings (SSSR count). The Bertz CT molecular complexity index is 154. The number of aliphatic hydroxyl groups excluding tert-OH is 4. The van der Waals surface area contributed by atoms with E-state index in [0.717, 1.165) is 0 Å². The highest BCUT2D eigenvalue weighted by molar-refractivity contribution is 4.91. The van der Waals surface area contributed by atoms with Gasteiger partial charge in [0.2, 0.25) is 0 Å². The molecule has 0 fully saturated rings. The van der Waals surface area contributed by atoms with Crippen LogP contribution < -0.4 is 0 Å². The number of hydrogen-bond acceptors (Lipinski definition) is 4. The van der Waals surface area contributed by atoms with Gasteiger partial charge in [0, 0.05) is 5.41 Å². The van der Waals surface area contributed by atoms with Crippen molar-refractivity contribution in [2.75, 3.05) is 13.2 Å². The highest BCUT2D eigenvalue weighted by atomic mass is 16.3. The zero-order valence-corrected chi connectivity index (χ0v) is 9.14. The van der Waals surface area contributed by atoms with Crippen LogP contribution in [0.2, 0.25) is 0 Å². The van der Waals surface area contributed by atoms with E-state index >= 15 is 0 Å². The Morgan fingerprint density at radius 3 is 1.71 bits per heavy atom. The molecule has 0 aliphatic rings. The molecule has 0 aliphatic carbocycles. The predicted octanol–water partition coefficient (Wildman–Crippen LogP) is -0.255. The third-order valence-corrected chi connectivity index (χ3v) is 3.11. The first-order chi connectivity index (χ1) is 6.46. The molecule has 0 bridgehead atoms. The van der Waals surface area contributed by atoms with Crippen LogP contribution in [0.4, 0.5) is 0 Å². The zero-order chi connectivity index (χ0) is 11.4. The highest BCUT2D eigenvalue weighted by Gasteiger charge is 2.42. The fourth-order valence-electron chi connectivity index (χ4n) is 1.55. The van der Waals surface area contributed by atoms with E-state index in [0.29, 0.717) is 6.42 Å². The van der Waals surface area contributed by atoms with Gasteiger partial charge in [0.05, 0.1) is 25.4 Å². The van der Waals surface area contributed by atoms with Gasteiger partial charge < -0.3 is 20.4 Å². The van der Waals surface area contributed by atoms with Gasteiger partial charge in [0.25, 0.3) is 0 Å². The topological polar surface area (TPSA) is 80.9 Å². The van der Waals surface area contributed by atoms with E-state index in [-0.39, 0.29) is 19.1 Å². The molecule has 0 aromatic heterocycles. The summed E-state index contributed by atoms with van der Waals surface area (Å²) in [5, 5.41) is 37.8. The van der Waals surface area contributed by atoms with Crippen LogP contribution in [0.15, 0.2) is 0 Å². The number of hydrogen-bond donors (Lipinski definition) is 4. The van der Waals surface area contributed by atoms with Crippen molar-refractivity contribution in [3.8, 4) is 0 Å². The molecule has 0 aliphatic heterocycles. The van der Waals surface area contributed by atoms with Crippen LogP contribution in [-0.2, 0) is 0 Å². The molecule has 0 saturated carbocycles. The lowest BCUT2D eigenvalue weighted by molar-refractivity contribution is -0.130. The van der Waals surface area contributed by atoms with Crippen LogP contribution in [0.5, 0.6) is 0 Å². The minimum Gasteiger partial charge on any atom is -0.396 e. The van der Waals surface area contributed by atoms with Gasteiger partial charge in [-0.2, -0.15) is 0 Å². The van der Waals surface area contributed by atoms with E-state index in [1.165, 1.54) is 0 Å². The molecule has 0 saturated heterocycles. The number of rotatable bonds is 6. The van der Waals surface area contributed by atoms with Crippen LogP contribution in [0, 0.1) is 11.3 Å². The third kappa shape index (κ3) is 2.45. The van der Waals surface area contributed by atoms with E-state index in [1.807, 2.05) is 0 Å². The molecule has 0 amide bonds. The maximum atomic E-state index is 9.83. The Kier molecular flexibility index (Phi) is 5.59. The first-order valence-corrected chi connectivity index (χ1v) is 5.04. The van der Waals surface area contributed by atoms with Crippen molar-refractivity contribution < 1.29 is 20.4 Å². The molecule has 0 aromatic rings. The van der Waals surface area contributed by atoms with Gasteiger partial charge in [-0.05, 0) is 12.3 Å². The second kappa shape index (κ2) is 5.66. The normalized spacial score (nSPS) is 17.1. The zero-order valence-electron chi connectivity index (χ0n) is 9.14. The third-order valence-electron chi connectivity index (χ3n) is 3.11. The van der Waals surface area contributed by atoms with Crippen molar-refractivity contribution in [1.29, 1.82) is 0 Å². The number of aliphatic hydroxyl groups is 4. The largest absolute Gasteiger partial charge is 0.396 e. The molecule has 0 spiro atoms. The van der Waals surface area contributed by atoms with Crippen LogP contribution in [-0.4, -0.2) is 45.8 Å². The summed E-state index contributed by atoms with van der Waals surface area (Å²) in [4.78, 5) is 0. The molecule has 0 aromatic carbocycles. The summed E-state index contributed by atoms with van der Waals surface area (Å²) in [6.07, 6.45) is -1.60. The van der Waals surface area contributed by atoms with Crippen molar-refractivity contribution in [2.24, 2.45) is 11.3 Å². The van der Waals surface area contributed by atoms with Gasteiger partial charge >= 0.3 is 0 Å². The average molecular weight is 206 g/mol. The molecule has 4 N–H and O–H groups in total. The molecule has 4 heteroatoms. The predicted molar refractivity (Wildman–Crippen MR) is 53.7 cm³/mol. The second-order valence-electron chi connectivity index (χ2n) is 4.12. The summed E-state index contributed by atoms with van der Waals surface area (Å²) in [6.45, 7) is 4.68. The average Bonchev–Trinajstić information content (AvgIpc) is 2.18. The van der Waals surface area contributed by atoms with Gasteiger partial charge in [-0.3, -0.25) is 0 Å². The Labute approximate surface area is 85.2 Å². The quantitative estimate of drug-likeness (QED) is 0.483. The minimum atomic E-state index is -1.09. The maximum Gasteiger partial charge on any atom is 0.0901 e. The SMILES string of the molecule is CCC(O)C(O)C(CO)(CO)C(C)C. The van der Waals surface area contributed by atoms with Crippen LogP contribution in [0.25, 0.3) is 0 Å². The first kappa shape index (κ1) is 13.8. The molecule has 86 valence electrons. The van der Waals surface area contributed by atoms with Crippen molar-refractivity contribution in [2.45, 2.75) is 39.4 Å². The molecule has 2 unspecified atom stereocenters. The van der Waals surface area contributed by atoms with Crippen LogP contribution >= 0.6 is 0 Å². The van der Waals surface area contributed by atoms with E-state index < -0.39 is 17.6 Å². The molecule has 0 radical (unpaired) electrons. The second-order valence-corrected chi connectivity index (χ2v) is 4.12. The van der Waals surface area contributed by atoms with Gasteiger partial charge in [-0.15, -0.1) is 0 Å². The fourth-order valence-corrected chi connectivity index (χ4v) is 1.55. The molecule has 4 nitrogen and oxygen atoms in total. The minimum absolute atomic E-state index is 0.103. The summed E-state index contributed by atoms with van der Waals surface area (Å²) in [7, 11) is 0. The van der Waals surface area contributed by atoms with Gasteiger partial charge in [0.1, 0.15) is 0 Å². The van der Waals surface area contributed by atoms with Crippen molar-refractivity contribution in [3.05, 3.63) is 0 Å². The summed E-state index contributed by atoms with van der Waals surface area (Å²) in [5.74, 6) is -0.103. The summed E-state index contributed by atoms with van der Waals surface area (Å²) in [6, 6.07) is 0. The van der Waals surface area contributed by atoms with Gasteiger partial charge in [-0.1, -0.05) is 20.8 Å². The van der Waals surface area contributed by atoms with Crippen molar-refractivity contribution in [1.82, 2.24) is 0 Å². The van der Waals surface area contributed by atoms with Gasteiger partial charge in [-0.25, -0.2) is 0 Å². The van der Waals surface area contributed by atoms with E-state index in [1.54, 1.807) is 20.8 Å². The lowest BCUT2D eigenvalue weighted by atomic mass is 9.72. The lowest BCUT2D eigenvalue weighted by Gasteiger charge is -2.40.